The maximum Gasteiger partial charge on any atom is 0.306 e. The first-order valence-corrected chi connectivity index (χ1v) is 12.4. The molecule has 1 atom stereocenters. The fourth-order valence-electron chi connectivity index (χ4n) is 4.44. The first-order valence-electron chi connectivity index (χ1n) is 12.4. The van der Waals surface area contributed by atoms with Crippen molar-refractivity contribution in [3.8, 4) is 17.2 Å². The van der Waals surface area contributed by atoms with Gasteiger partial charge >= 0.3 is 5.97 Å². The lowest BCUT2D eigenvalue weighted by Gasteiger charge is -2.31. The molecule has 0 spiro atoms. The summed E-state index contributed by atoms with van der Waals surface area (Å²) in [5.74, 6) is 1.73. The van der Waals surface area contributed by atoms with Crippen molar-refractivity contribution in [1.82, 2.24) is 5.32 Å². The predicted octanol–water partition coefficient (Wildman–Crippen LogP) is 4.81. The Balaban J connectivity index is 1.24. The Bertz CT molecular complexity index is 1010. The third-order valence-electron chi connectivity index (χ3n) is 6.18. The van der Waals surface area contributed by atoms with Crippen molar-refractivity contribution in [2.45, 2.75) is 77.2 Å². The van der Waals surface area contributed by atoms with E-state index >= 15 is 0 Å². The molecule has 0 saturated heterocycles. The molecule has 0 aromatic heterocycles. The number of hydrogen-bond acceptors (Lipinski definition) is 6. The van der Waals surface area contributed by atoms with Crippen LogP contribution in [0, 0.1) is 5.92 Å². The normalized spacial score (nSPS) is 21.6. The summed E-state index contributed by atoms with van der Waals surface area (Å²) in [4.78, 5) is 25.0. The summed E-state index contributed by atoms with van der Waals surface area (Å²) in [6.07, 6.45) is 3.16. The van der Waals surface area contributed by atoms with Gasteiger partial charge in [-0.2, -0.15) is 0 Å². The number of esters is 1. The largest absolute Gasteiger partial charge is 0.489 e. The van der Waals surface area contributed by atoms with Crippen LogP contribution in [0.2, 0.25) is 0 Å². The van der Waals surface area contributed by atoms with Crippen LogP contribution in [0.5, 0.6) is 17.2 Å². The second-order valence-corrected chi connectivity index (χ2v) is 10.3. The molecule has 2 aromatic carbocycles. The Morgan fingerprint density at radius 2 is 1.74 bits per heavy atom. The highest BCUT2D eigenvalue weighted by molar-refractivity contribution is 5.82. The highest BCUT2D eigenvalue weighted by Gasteiger charge is 2.31. The highest BCUT2D eigenvalue weighted by atomic mass is 16.6. The van der Waals surface area contributed by atoms with Crippen molar-refractivity contribution in [3.63, 3.8) is 0 Å². The predicted molar refractivity (Wildman–Crippen MR) is 131 cm³/mol. The van der Waals surface area contributed by atoms with Gasteiger partial charge in [0.05, 0.1) is 0 Å². The van der Waals surface area contributed by atoms with E-state index in [1.165, 1.54) is 0 Å². The lowest BCUT2D eigenvalue weighted by molar-refractivity contribution is -0.156. The summed E-state index contributed by atoms with van der Waals surface area (Å²) < 4.78 is 23.1. The number of carbonyl (C=O) groups excluding carboxylic acids is 2. The number of benzene rings is 2. The molecular weight excluding hydrogens is 446 g/mol. The van der Waals surface area contributed by atoms with E-state index in [2.05, 4.69) is 5.32 Å². The standard InChI is InChI=1S/C28H35NO6/c1-28(2,3)35-26(30)15-19-9-11-21(12-10-19)29-27(31)25-18-33-23-14-13-22(16-24(23)34-25)32-17-20-7-5-4-6-8-20/h4-8,13-14,16,19,21,25H,9-12,15,17-18H2,1-3H3,(H,29,31). The van der Waals surface area contributed by atoms with Crippen LogP contribution < -0.4 is 19.5 Å². The molecule has 1 aliphatic carbocycles. The first kappa shape index (κ1) is 24.9. The fourth-order valence-corrected chi connectivity index (χ4v) is 4.44. The van der Waals surface area contributed by atoms with Gasteiger partial charge in [-0.05, 0) is 70.1 Å². The second kappa shape index (κ2) is 11.0. The zero-order chi connectivity index (χ0) is 24.8. The van der Waals surface area contributed by atoms with Gasteiger partial charge in [0.25, 0.3) is 5.91 Å². The van der Waals surface area contributed by atoms with Crippen LogP contribution in [0.15, 0.2) is 48.5 Å². The fraction of sp³-hybridized carbons (Fsp3) is 0.500. The summed E-state index contributed by atoms with van der Waals surface area (Å²) in [5, 5.41) is 3.10. The molecule has 2 aromatic rings. The van der Waals surface area contributed by atoms with Gasteiger partial charge in [-0.3, -0.25) is 9.59 Å². The minimum Gasteiger partial charge on any atom is -0.489 e. The molecule has 1 unspecified atom stereocenters. The van der Waals surface area contributed by atoms with Gasteiger partial charge in [0.2, 0.25) is 6.10 Å². The van der Waals surface area contributed by atoms with E-state index in [0.29, 0.717) is 36.2 Å². The third-order valence-corrected chi connectivity index (χ3v) is 6.18. The van der Waals surface area contributed by atoms with Crippen molar-refractivity contribution in [2.24, 2.45) is 5.92 Å². The molecule has 188 valence electrons. The number of fused-ring (bicyclic) bond motifs is 1. The van der Waals surface area contributed by atoms with Gasteiger partial charge in [0, 0.05) is 18.5 Å². The Kier molecular flexibility index (Phi) is 7.83. The molecule has 1 saturated carbocycles. The Morgan fingerprint density at radius 3 is 2.46 bits per heavy atom. The molecule has 35 heavy (non-hydrogen) atoms. The van der Waals surface area contributed by atoms with Gasteiger partial charge in [-0.1, -0.05) is 30.3 Å². The lowest BCUT2D eigenvalue weighted by atomic mass is 9.84. The number of rotatable bonds is 7. The SMILES string of the molecule is CC(C)(C)OC(=O)CC1CCC(NC(=O)C2COc3ccc(OCc4ccccc4)cc3O2)CC1. The molecule has 2 aliphatic rings. The average Bonchev–Trinajstić information content (AvgIpc) is 2.83. The lowest BCUT2D eigenvalue weighted by Crippen LogP contribution is -2.48. The molecule has 1 aliphatic heterocycles. The zero-order valence-corrected chi connectivity index (χ0v) is 20.8. The molecule has 4 rings (SSSR count). The van der Waals surface area contributed by atoms with Gasteiger partial charge in [0.15, 0.2) is 11.5 Å². The van der Waals surface area contributed by atoms with E-state index in [0.717, 1.165) is 31.2 Å². The quantitative estimate of drug-likeness (QED) is 0.572. The number of nitrogens with one attached hydrogen (secondary N) is 1. The summed E-state index contributed by atoms with van der Waals surface area (Å²) in [7, 11) is 0. The molecule has 0 radical (unpaired) electrons. The summed E-state index contributed by atoms with van der Waals surface area (Å²) in [6.45, 7) is 6.25. The van der Waals surface area contributed by atoms with Crippen molar-refractivity contribution in [2.75, 3.05) is 6.61 Å². The molecule has 1 fully saturated rings. The van der Waals surface area contributed by atoms with Gasteiger partial charge in [-0.25, -0.2) is 0 Å². The monoisotopic (exact) mass is 481 g/mol. The van der Waals surface area contributed by atoms with Crippen LogP contribution in [0.25, 0.3) is 0 Å². The number of hydrogen-bond donors (Lipinski definition) is 1. The van der Waals surface area contributed by atoms with Crippen LogP contribution >= 0.6 is 0 Å². The summed E-state index contributed by atoms with van der Waals surface area (Å²) >= 11 is 0. The van der Waals surface area contributed by atoms with Crippen LogP contribution in [-0.4, -0.2) is 36.2 Å². The molecular formula is C28H35NO6. The average molecular weight is 482 g/mol. The minimum absolute atomic E-state index is 0.0722. The zero-order valence-electron chi connectivity index (χ0n) is 20.8. The number of amides is 1. The first-order chi connectivity index (χ1) is 16.7. The maximum atomic E-state index is 12.9. The Hall–Kier alpha value is -3.22. The summed E-state index contributed by atoms with van der Waals surface area (Å²) in [5.41, 5.74) is 0.609. The van der Waals surface area contributed by atoms with E-state index in [4.69, 9.17) is 18.9 Å². The van der Waals surface area contributed by atoms with E-state index in [1.807, 2.05) is 57.2 Å². The molecule has 1 heterocycles. The molecule has 1 N–H and O–H groups in total. The van der Waals surface area contributed by atoms with E-state index in [-0.39, 0.29) is 24.5 Å². The van der Waals surface area contributed by atoms with Crippen molar-refractivity contribution >= 4 is 11.9 Å². The maximum absolute atomic E-state index is 12.9. The van der Waals surface area contributed by atoms with Crippen molar-refractivity contribution < 1.29 is 28.5 Å². The highest BCUT2D eigenvalue weighted by Crippen LogP contribution is 2.35. The topological polar surface area (TPSA) is 83.1 Å². The second-order valence-electron chi connectivity index (χ2n) is 10.3. The minimum atomic E-state index is -0.716. The summed E-state index contributed by atoms with van der Waals surface area (Å²) in [6, 6.07) is 15.4. The van der Waals surface area contributed by atoms with Crippen LogP contribution in [0.3, 0.4) is 0 Å². The molecule has 7 nitrogen and oxygen atoms in total. The van der Waals surface area contributed by atoms with E-state index in [1.54, 1.807) is 12.1 Å². The van der Waals surface area contributed by atoms with Crippen LogP contribution in [-0.2, 0) is 20.9 Å². The van der Waals surface area contributed by atoms with Gasteiger partial charge < -0.3 is 24.3 Å². The van der Waals surface area contributed by atoms with Crippen molar-refractivity contribution in [1.29, 1.82) is 0 Å². The smallest absolute Gasteiger partial charge is 0.306 e. The molecule has 7 heteroatoms. The number of carbonyl (C=O) groups is 2. The van der Waals surface area contributed by atoms with Gasteiger partial charge in [0.1, 0.15) is 24.6 Å². The Morgan fingerprint density at radius 1 is 1.00 bits per heavy atom. The molecule has 1 amide bonds. The third kappa shape index (κ3) is 7.38. The Labute approximate surface area is 207 Å². The van der Waals surface area contributed by atoms with E-state index < -0.39 is 11.7 Å². The van der Waals surface area contributed by atoms with E-state index in [9.17, 15) is 9.59 Å². The van der Waals surface area contributed by atoms with Gasteiger partial charge in [-0.15, -0.1) is 0 Å². The number of ether oxygens (including phenoxy) is 4. The van der Waals surface area contributed by atoms with Crippen LogP contribution in [0.1, 0.15) is 58.4 Å². The van der Waals surface area contributed by atoms with Crippen LogP contribution in [0.4, 0.5) is 0 Å². The molecule has 0 bridgehead atoms. The van der Waals surface area contributed by atoms with Crippen molar-refractivity contribution in [3.05, 3.63) is 54.1 Å².